The molecule has 1 aliphatic carbocycles. The maximum atomic E-state index is 3.90. The molecule has 11 aromatic rings. The van der Waals surface area contributed by atoms with Crippen LogP contribution in [0.5, 0.6) is 0 Å². The zero-order valence-corrected chi connectivity index (χ0v) is 70.0. The van der Waals surface area contributed by atoms with E-state index in [9.17, 15) is 0 Å². The van der Waals surface area contributed by atoms with Gasteiger partial charge in [0.25, 0.3) is 0 Å². The van der Waals surface area contributed by atoms with Crippen molar-refractivity contribution in [1.82, 2.24) is 0 Å². The summed E-state index contributed by atoms with van der Waals surface area (Å²) in [5.74, 6) is 1.62. The van der Waals surface area contributed by atoms with Gasteiger partial charge in [0.2, 0.25) is 0 Å². The minimum absolute atomic E-state index is 0.184. The number of fused-ring (bicyclic) bond motifs is 3. The first-order valence-electron chi connectivity index (χ1n) is 39.1. The van der Waals surface area contributed by atoms with E-state index in [2.05, 4.69) is 384 Å². The first-order chi connectivity index (χ1) is 51.3. The summed E-state index contributed by atoms with van der Waals surface area (Å²) < 4.78 is 0. The highest BCUT2D eigenvalue weighted by atomic mass is 32.8. The summed E-state index contributed by atoms with van der Waals surface area (Å²) in [6.45, 7) is 27.1. The Hall–Kier alpha value is -7.29. The van der Waals surface area contributed by atoms with E-state index in [0.29, 0.717) is 0 Å². The zero-order valence-electron chi connectivity index (χ0n) is 64.7. The SMILES string of the molecule is C=Cc1cccc(N(c2ccc(CC)cc2)c2ccc(CC)cc2)c1.CCCCC(CC)CC1(CC(CC)CCCC)c2cc(CC)ccc2-c2ccc(CC)cc21.CCc1ccc(N(c2ccccc2)c2ccc(-c3ccc(N(c4ccccc4)c4ccc(CC)cc4)cc3)cc2)cc1.PPP(P)P. The van der Waals surface area contributed by atoms with Crippen molar-refractivity contribution in [3.05, 3.63) is 324 Å². The van der Waals surface area contributed by atoms with Crippen molar-refractivity contribution in [2.75, 3.05) is 14.7 Å². The van der Waals surface area contributed by atoms with Gasteiger partial charge in [0.15, 0.2) is 0 Å². The van der Waals surface area contributed by atoms with Gasteiger partial charge in [-0.1, -0.05) is 299 Å². The van der Waals surface area contributed by atoms with E-state index in [1.165, 1.54) is 131 Å². The summed E-state index contributed by atoms with van der Waals surface area (Å²) in [6.07, 6.45) is 21.7. The summed E-state index contributed by atoms with van der Waals surface area (Å²) in [7, 11) is 9.24. The smallest absolute Gasteiger partial charge is 0.0467 e. The number of unbranched alkanes of at least 4 members (excludes halogenated alkanes) is 2. The molecule has 6 atom stereocenters. The van der Waals surface area contributed by atoms with Gasteiger partial charge in [-0.2, -0.15) is 0 Å². The van der Waals surface area contributed by atoms with E-state index in [1.807, 2.05) is 6.08 Å². The molecule has 0 aromatic heterocycles. The molecule has 546 valence electrons. The van der Waals surface area contributed by atoms with E-state index < -0.39 is 0 Å². The van der Waals surface area contributed by atoms with Crippen LogP contribution in [0.1, 0.15) is 184 Å². The maximum Gasteiger partial charge on any atom is 0.0467 e. The number of hydrogen-bond acceptors (Lipinski definition) is 3. The molecule has 6 unspecified atom stereocenters. The predicted octanol–water partition coefficient (Wildman–Crippen LogP) is 31.1. The van der Waals surface area contributed by atoms with Crippen LogP contribution in [-0.2, 0) is 43.9 Å². The molecule has 3 nitrogen and oxygen atoms in total. The van der Waals surface area contributed by atoms with E-state index >= 15 is 0 Å². The van der Waals surface area contributed by atoms with Crippen molar-refractivity contribution >= 4 is 99.0 Å². The van der Waals surface area contributed by atoms with Gasteiger partial charge >= 0.3 is 0 Å². The Labute approximate surface area is 644 Å². The van der Waals surface area contributed by atoms with E-state index in [0.717, 1.165) is 104 Å². The van der Waals surface area contributed by atoms with Gasteiger partial charge in [0.05, 0.1) is 0 Å². The molecule has 0 spiro atoms. The lowest BCUT2D eigenvalue weighted by Crippen LogP contribution is -2.31. The normalized spacial score (nSPS) is 12.4. The number of rotatable bonds is 30. The molecule has 0 aliphatic heterocycles. The molecule has 105 heavy (non-hydrogen) atoms. The number of aryl methyl sites for hydroxylation is 6. The van der Waals surface area contributed by atoms with E-state index in [4.69, 9.17) is 0 Å². The fourth-order valence-electron chi connectivity index (χ4n) is 14.8. The van der Waals surface area contributed by atoms with Crippen LogP contribution in [-0.4, -0.2) is 0 Å². The van der Waals surface area contributed by atoms with Crippen molar-refractivity contribution in [2.45, 2.75) is 177 Å². The molecule has 12 rings (SSSR count). The van der Waals surface area contributed by atoms with Gasteiger partial charge in [-0.05, 0) is 252 Å². The summed E-state index contributed by atoms with van der Waals surface area (Å²) in [5.41, 5.74) is 28.8. The topological polar surface area (TPSA) is 9.72 Å². The van der Waals surface area contributed by atoms with Gasteiger partial charge in [0, 0.05) is 56.6 Å². The standard InChI is InChI=1S/C40H36N2.C33H50.C24H25N.H7P5/c1-3-31-15-23-37(24-16-31)41(35-11-7-5-8-12-35)39-27-19-33(20-28-39)34-21-29-40(30-22-34)42(36-13-9-6-10-14-36)38-25-17-32(4-2)18-26-38;1-7-13-15-27(11-5)23-33(24-28(12-6)16-14-8-2)31-21-25(9-3)17-19-29(31)30-20-18-26(10-4)22-32(30)33;1-4-19-10-14-22(15-11-19)25(23-16-12-20(5-2)13-17-23)24-9-7-8-21(6-3)18-24;1-4-5(2)3/h5-30H,3-4H2,1-2H3;17-22,27-28H,7-16,23-24H2,1-6H3;6-18H,3-5H2,1-2H3;4H,1-3H2. The Morgan fingerprint density at radius 2 is 0.638 bits per heavy atom. The summed E-state index contributed by atoms with van der Waals surface area (Å²) in [5, 5.41) is 0. The number of hydrogen-bond donors (Lipinski definition) is 0. The minimum Gasteiger partial charge on any atom is -0.311 e. The van der Waals surface area contributed by atoms with Crippen LogP contribution < -0.4 is 14.7 Å². The van der Waals surface area contributed by atoms with Crippen LogP contribution in [0, 0.1) is 11.8 Å². The molecule has 0 N–H and O–H groups in total. The Bertz CT molecular complexity index is 4090. The molecule has 0 saturated heterocycles. The van der Waals surface area contributed by atoms with Crippen molar-refractivity contribution in [3.63, 3.8) is 0 Å². The first-order valence-corrected chi connectivity index (χ1v) is 47.4. The quantitative estimate of drug-likeness (QED) is 0.0416. The van der Waals surface area contributed by atoms with Gasteiger partial charge < -0.3 is 14.7 Å². The molecular weight excluding hydrogens is 1360 g/mol. The molecule has 0 saturated carbocycles. The van der Waals surface area contributed by atoms with Crippen LogP contribution >= 0.6 is 41.7 Å². The molecule has 8 heteroatoms. The molecule has 11 aromatic carbocycles. The van der Waals surface area contributed by atoms with Crippen LogP contribution in [0.15, 0.2) is 273 Å². The maximum absolute atomic E-state index is 3.90. The highest BCUT2D eigenvalue weighted by Gasteiger charge is 2.45. The Kier molecular flexibility index (Phi) is 32.9. The third-order valence-electron chi connectivity index (χ3n) is 21.2. The first kappa shape index (κ1) is 81.8. The van der Waals surface area contributed by atoms with Gasteiger partial charge in [-0.25, -0.2) is 0 Å². The summed E-state index contributed by atoms with van der Waals surface area (Å²) in [4.78, 5) is 6.92. The third kappa shape index (κ3) is 22.0. The second-order valence-electron chi connectivity index (χ2n) is 28.0. The number of nitrogens with zero attached hydrogens (tertiary/aromatic N) is 3. The lowest BCUT2D eigenvalue weighted by atomic mass is 9.65. The summed E-state index contributed by atoms with van der Waals surface area (Å²) in [6, 6.07) is 97.7. The van der Waals surface area contributed by atoms with Crippen LogP contribution in [0.25, 0.3) is 28.3 Å². The fraction of sp³-hybridized carbons (Fsp3) is 0.299. The second-order valence-corrected chi connectivity index (χ2v) is 41.9. The van der Waals surface area contributed by atoms with E-state index in [-0.39, 0.29) is 12.4 Å². The number of para-hydroxylation sites is 2. The predicted molar refractivity (Wildman–Crippen MR) is 482 cm³/mol. The summed E-state index contributed by atoms with van der Waals surface area (Å²) >= 11 is 0. The van der Waals surface area contributed by atoms with Crippen LogP contribution in [0.2, 0.25) is 0 Å². The van der Waals surface area contributed by atoms with Crippen LogP contribution in [0.3, 0.4) is 0 Å². The Morgan fingerprint density at radius 1 is 0.352 bits per heavy atom. The zero-order chi connectivity index (χ0) is 74.5. The number of benzene rings is 11. The van der Waals surface area contributed by atoms with E-state index in [1.54, 1.807) is 11.1 Å². The van der Waals surface area contributed by atoms with Crippen molar-refractivity contribution in [1.29, 1.82) is 0 Å². The molecular formula is C97H118N3P5. The lowest BCUT2D eigenvalue weighted by Gasteiger charge is -2.39. The number of anilines is 9. The minimum atomic E-state index is 0.184. The molecule has 0 heterocycles. The molecule has 0 radical (unpaired) electrons. The highest BCUT2D eigenvalue weighted by Crippen LogP contribution is 2.71. The van der Waals surface area contributed by atoms with Crippen molar-refractivity contribution < 1.29 is 0 Å². The lowest BCUT2D eigenvalue weighted by molar-refractivity contribution is 0.266. The molecule has 0 fully saturated rings. The van der Waals surface area contributed by atoms with Gasteiger partial charge in [-0.3, -0.25) is 0 Å². The Balaban J connectivity index is 0.000000182. The highest BCUT2D eigenvalue weighted by molar-refractivity contribution is 8.77. The van der Waals surface area contributed by atoms with Crippen molar-refractivity contribution in [2.24, 2.45) is 11.8 Å². The molecule has 0 amide bonds. The van der Waals surface area contributed by atoms with Gasteiger partial charge in [-0.15, -0.1) is 26.8 Å². The molecule has 0 bridgehead atoms. The largest absolute Gasteiger partial charge is 0.311 e. The fourth-order valence-corrected chi connectivity index (χ4v) is 14.8. The van der Waals surface area contributed by atoms with Gasteiger partial charge in [0.1, 0.15) is 0 Å². The Morgan fingerprint density at radius 3 is 0.924 bits per heavy atom. The average molecular weight is 1480 g/mol. The monoisotopic (exact) mass is 1480 g/mol. The molecule has 1 aliphatic rings. The third-order valence-corrected chi connectivity index (χ3v) is 33.1. The van der Waals surface area contributed by atoms with Crippen LogP contribution in [0.4, 0.5) is 51.2 Å². The second kappa shape index (κ2) is 42.3. The van der Waals surface area contributed by atoms with Crippen molar-refractivity contribution in [3.8, 4) is 22.3 Å². The average Bonchev–Trinajstić information content (AvgIpc) is 1.56.